The zero-order valence-electron chi connectivity index (χ0n) is 10.8. The van der Waals surface area contributed by atoms with Gasteiger partial charge >= 0.3 is 0 Å². The molecule has 0 aromatic heterocycles. The second-order valence-corrected chi connectivity index (χ2v) is 4.56. The van der Waals surface area contributed by atoms with Crippen LogP contribution in [0.5, 0.6) is 0 Å². The molecule has 96 valence electrons. The summed E-state index contributed by atoms with van der Waals surface area (Å²) in [7, 11) is 0. The highest BCUT2D eigenvalue weighted by molar-refractivity contribution is 5.76. The van der Waals surface area contributed by atoms with Gasteiger partial charge in [-0.15, -0.1) is 6.42 Å². The molecule has 0 bridgehead atoms. The van der Waals surface area contributed by atoms with Gasteiger partial charge in [0.1, 0.15) is 6.61 Å². The monoisotopic (exact) mass is 237 g/mol. The molecule has 1 amide bonds. The van der Waals surface area contributed by atoms with Crippen molar-refractivity contribution in [3.63, 3.8) is 0 Å². The maximum absolute atomic E-state index is 12.0. The fourth-order valence-electron chi connectivity index (χ4n) is 2.23. The third kappa shape index (κ3) is 4.79. The molecule has 0 spiro atoms. The van der Waals surface area contributed by atoms with Crippen LogP contribution in [0, 0.1) is 12.3 Å². The Hall–Kier alpha value is -1.01. The van der Waals surface area contributed by atoms with E-state index in [1.807, 2.05) is 4.90 Å². The second kappa shape index (κ2) is 8.14. The SMILES string of the molecule is C#CCOCC1CCCCN1C(=O)CCCC. The molecular weight excluding hydrogens is 214 g/mol. The van der Waals surface area contributed by atoms with Crippen molar-refractivity contribution in [2.75, 3.05) is 19.8 Å². The molecule has 1 unspecified atom stereocenters. The first-order valence-electron chi connectivity index (χ1n) is 6.60. The van der Waals surface area contributed by atoms with Gasteiger partial charge in [-0.1, -0.05) is 19.3 Å². The van der Waals surface area contributed by atoms with E-state index in [2.05, 4.69) is 12.8 Å². The van der Waals surface area contributed by atoms with Crippen molar-refractivity contribution in [1.29, 1.82) is 0 Å². The number of terminal acetylenes is 1. The molecule has 0 radical (unpaired) electrons. The summed E-state index contributed by atoms with van der Waals surface area (Å²) in [6, 6.07) is 0.237. The average Bonchev–Trinajstić information content (AvgIpc) is 2.37. The summed E-state index contributed by atoms with van der Waals surface area (Å²) in [6.45, 7) is 3.92. The smallest absolute Gasteiger partial charge is 0.222 e. The van der Waals surface area contributed by atoms with Gasteiger partial charge in [0.05, 0.1) is 12.6 Å². The number of ether oxygens (including phenoxy) is 1. The number of piperidine rings is 1. The van der Waals surface area contributed by atoms with Crippen LogP contribution >= 0.6 is 0 Å². The molecule has 0 saturated carbocycles. The zero-order chi connectivity index (χ0) is 12.5. The number of carbonyl (C=O) groups is 1. The Labute approximate surface area is 105 Å². The van der Waals surface area contributed by atoms with Gasteiger partial charge in [0.2, 0.25) is 5.91 Å². The van der Waals surface area contributed by atoms with E-state index in [1.54, 1.807) is 0 Å². The highest BCUT2D eigenvalue weighted by Crippen LogP contribution is 2.19. The van der Waals surface area contributed by atoms with Gasteiger partial charge in [-0.25, -0.2) is 0 Å². The first-order valence-corrected chi connectivity index (χ1v) is 6.60. The Morgan fingerprint density at radius 1 is 1.53 bits per heavy atom. The number of hydrogen-bond donors (Lipinski definition) is 0. The molecule has 1 heterocycles. The number of amides is 1. The minimum absolute atomic E-state index is 0.237. The van der Waals surface area contributed by atoms with E-state index in [9.17, 15) is 4.79 Å². The average molecular weight is 237 g/mol. The summed E-state index contributed by atoms with van der Waals surface area (Å²) >= 11 is 0. The van der Waals surface area contributed by atoms with Crippen LogP contribution in [0.2, 0.25) is 0 Å². The van der Waals surface area contributed by atoms with Crippen LogP contribution in [0.1, 0.15) is 45.4 Å². The van der Waals surface area contributed by atoms with Crippen molar-refractivity contribution in [1.82, 2.24) is 4.90 Å². The van der Waals surface area contributed by atoms with E-state index < -0.39 is 0 Å². The fourth-order valence-corrected chi connectivity index (χ4v) is 2.23. The highest BCUT2D eigenvalue weighted by Gasteiger charge is 2.25. The third-order valence-electron chi connectivity index (χ3n) is 3.19. The lowest BCUT2D eigenvalue weighted by Crippen LogP contribution is -2.46. The largest absolute Gasteiger partial charge is 0.367 e. The van der Waals surface area contributed by atoms with Crippen LogP contribution in [-0.2, 0) is 9.53 Å². The maximum atomic E-state index is 12.0. The summed E-state index contributed by atoms with van der Waals surface area (Å²) < 4.78 is 5.38. The second-order valence-electron chi connectivity index (χ2n) is 4.56. The van der Waals surface area contributed by atoms with E-state index in [1.165, 1.54) is 6.42 Å². The minimum Gasteiger partial charge on any atom is -0.367 e. The van der Waals surface area contributed by atoms with Gasteiger partial charge in [-0.2, -0.15) is 0 Å². The summed E-state index contributed by atoms with van der Waals surface area (Å²) in [5.41, 5.74) is 0. The number of nitrogens with zero attached hydrogens (tertiary/aromatic N) is 1. The highest BCUT2D eigenvalue weighted by atomic mass is 16.5. The first kappa shape index (κ1) is 14.1. The van der Waals surface area contributed by atoms with Crippen molar-refractivity contribution in [2.45, 2.75) is 51.5 Å². The fraction of sp³-hybridized carbons (Fsp3) is 0.786. The van der Waals surface area contributed by atoms with Crippen LogP contribution in [0.4, 0.5) is 0 Å². The Bertz CT molecular complexity index is 270. The lowest BCUT2D eigenvalue weighted by atomic mass is 10.0. The standard InChI is InChI=1S/C14H23NO2/c1-3-5-9-14(16)15-10-7-6-8-13(15)12-17-11-4-2/h2,13H,3,5-12H2,1H3. The maximum Gasteiger partial charge on any atom is 0.222 e. The normalized spacial score (nSPS) is 20.0. The molecule has 0 N–H and O–H groups in total. The van der Waals surface area contributed by atoms with Gasteiger partial charge in [-0.3, -0.25) is 4.79 Å². The van der Waals surface area contributed by atoms with Crippen LogP contribution in [-0.4, -0.2) is 36.6 Å². The lowest BCUT2D eigenvalue weighted by molar-refractivity contribution is -0.136. The van der Waals surface area contributed by atoms with E-state index >= 15 is 0 Å². The van der Waals surface area contributed by atoms with Crippen LogP contribution in [0.25, 0.3) is 0 Å². The van der Waals surface area contributed by atoms with Gasteiger partial charge in [0, 0.05) is 13.0 Å². The molecule has 1 atom stereocenters. The molecular formula is C14H23NO2. The van der Waals surface area contributed by atoms with E-state index in [0.717, 1.165) is 32.2 Å². The third-order valence-corrected chi connectivity index (χ3v) is 3.19. The quantitative estimate of drug-likeness (QED) is 0.523. The molecule has 1 rings (SSSR count). The number of unbranched alkanes of at least 4 members (excludes halogenated alkanes) is 1. The molecule has 1 aliphatic rings. The first-order chi connectivity index (χ1) is 8.29. The predicted octanol–water partition coefficient (Wildman–Crippen LogP) is 2.21. The Kier molecular flexibility index (Phi) is 6.73. The van der Waals surface area contributed by atoms with Gasteiger partial charge in [0.15, 0.2) is 0 Å². The van der Waals surface area contributed by atoms with Crippen molar-refractivity contribution in [3.05, 3.63) is 0 Å². The Balaban J connectivity index is 2.41. The summed E-state index contributed by atoms with van der Waals surface area (Å²) in [5, 5.41) is 0. The molecule has 0 aromatic carbocycles. The van der Waals surface area contributed by atoms with Crippen molar-refractivity contribution in [2.24, 2.45) is 0 Å². The Morgan fingerprint density at radius 3 is 3.06 bits per heavy atom. The minimum atomic E-state index is 0.237. The van der Waals surface area contributed by atoms with E-state index in [-0.39, 0.29) is 11.9 Å². The summed E-state index contributed by atoms with van der Waals surface area (Å²) in [6.07, 6.45) is 11.2. The van der Waals surface area contributed by atoms with Crippen LogP contribution in [0.15, 0.2) is 0 Å². The predicted molar refractivity (Wildman–Crippen MR) is 68.5 cm³/mol. The van der Waals surface area contributed by atoms with Gasteiger partial charge in [-0.05, 0) is 25.7 Å². The van der Waals surface area contributed by atoms with E-state index in [0.29, 0.717) is 19.6 Å². The zero-order valence-corrected chi connectivity index (χ0v) is 10.8. The molecule has 1 saturated heterocycles. The van der Waals surface area contributed by atoms with Crippen molar-refractivity contribution < 1.29 is 9.53 Å². The van der Waals surface area contributed by atoms with Gasteiger partial charge in [0.25, 0.3) is 0 Å². The molecule has 17 heavy (non-hydrogen) atoms. The lowest BCUT2D eigenvalue weighted by Gasteiger charge is -2.35. The van der Waals surface area contributed by atoms with E-state index in [4.69, 9.17) is 11.2 Å². The molecule has 1 fully saturated rings. The molecule has 3 nitrogen and oxygen atoms in total. The summed E-state index contributed by atoms with van der Waals surface area (Å²) in [5.74, 6) is 2.74. The molecule has 0 aromatic rings. The number of carbonyl (C=O) groups excluding carboxylic acids is 1. The number of likely N-dealkylation sites (tertiary alicyclic amines) is 1. The van der Waals surface area contributed by atoms with Gasteiger partial charge < -0.3 is 9.64 Å². The molecule has 3 heteroatoms. The Morgan fingerprint density at radius 2 is 2.35 bits per heavy atom. The topological polar surface area (TPSA) is 29.5 Å². The van der Waals surface area contributed by atoms with Crippen molar-refractivity contribution >= 4 is 5.91 Å². The molecule has 1 aliphatic heterocycles. The molecule has 0 aliphatic carbocycles. The van der Waals surface area contributed by atoms with Crippen LogP contribution in [0.3, 0.4) is 0 Å². The number of hydrogen-bond acceptors (Lipinski definition) is 2. The number of rotatable bonds is 6. The van der Waals surface area contributed by atoms with Crippen molar-refractivity contribution in [3.8, 4) is 12.3 Å². The van der Waals surface area contributed by atoms with Crippen LogP contribution < -0.4 is 0 Å². The summed E-state index contributed by atoms with van der Waals surface area (Å²) in [4.78, 5) is 14.0.